The van der Waals surface area contributed by atoms with Crippen LogP contribution in [0.2, 0.25) is 0 Å². The van der Waals surface area contributed by atoms with E-state index in [0.29, 0.717) is 34.5 Å². The van der Waals surface area contributed by atoms with E-state index in [1.54, 1.807) is 12.3 Å². The number of benzene rings is 2. The number of hydrogen-bond acceptors (Lipinski definition) is 6. The molecular formula is C26H22N4O4S. The zero-order chi connectivity index (χ0) is 24.4. The molecule has 1 aliphatic rings. The number of aromatic nitrogens is 1. The lowest BCUT2D eigenvalue weighted by Gasteiger charge is -2.26. The van der Waals surface area contributed by atoms with Crippen molar-refractivity contribution in [1.82, 2.24) is 15.2 Å². The Labute approximate surface area is 207 Å². The predicted molar refractivity (Wildman–Crippen MR) is 135 cm³/mol. The van der Waals surface area contributed by atoms with Crippen LogP contribution < -0.4 is 10.1 Å². The second-order valence-electron chi connectivity index (χ2n) is 8.08. The minimum Gasteiger partial charge on any atom is -0.496 e. The maximum Gasteiger partial charge on any atom is 0.273 e. The zero-order valence-electron chi connectivity index (χ0n) is 18.8. The summed E-state index contributed by atoms with van der Waals surface area (Å²) in [5.41, 5.74) is 2.54. The summed E-state index contributed by atoms with van der Waals surface area (Å²) in [7, 11) is 1.48. The monoisotopic (exact) mass is 486 g/mol. The summed E-state index contributed by atoms with van der Waals surface area (Å²) in [6.45, 7) is 0.595. The number of nitrogens with one attached hydrogen (secondary N) is 1. The summed E-state index contributed by atoms with van der Waals surface area (Å²) in [6, 6.07) is 23.6. The number of thiocarbonyl (C=S) groups is 1. The number of nitrogens with zero attached hydrogens (tertiary/aromatic N) is 3. The van der Waals surface area contributed by atoms with Gasteiger partial charge in [0, 0.05) is 18.8 Å². The molecule has 176 valence electrons. The van der Waals surface area contributed by atoms with Crippen LogP contribution in [0.25, 0.3) is 11.3 Å². The normalized spacial score (nSPS) is 17.3. The molecule has 8 nitrogen and oxygen atoms in total. The molecule has 0 radical (unpaired) electrons. The summed E-state index contributed by atoms with van der Waals surface area (Å²) in [5.74, 6) is 1.60. The lowest BCUT2D eigenvalue weighted by Crippen LogP contribution is -2.29. The Morgan fingerprint density at radius 2 is 1.91 bits per heavy atom. The van der Waals surface area contributed by atoms with E-state index in [1.807, 2.05) is 48.5 Å². The number of methoxy groups -OCH3 is 1. The Morgan fingerprint density at radius 1 is 1.11 bits per heavy atom. The molecule has 1 N–H and O–H groups in total. The molecule has 2 aromatic carbocycles. The molecule has 35 heavy (non-hydrogen) atoms. The average molecular weight is 487 g/mol. The molecule has 3 heterocycles. The first kappa shape index (κ1) is 22.5. The highest BCUT2D eigenvalue weighted by Gasteiger charge is 2.41. The molecule has 2 atom stereocenters. The summed E-state index contributed by atoms with van der Waals surface area (Å²) >= 11 is 5.73. The largest absolute Gasteiger partial charge is 0.496 e. The maximum atomic E-state index is 11.2. The van der Waals surface area contributed by atoms with Gasteiger partial charge in [-0.15, -0.1) is 0 Å². The van der Waals surface area contributed by atoms with Gasteiger partial charge < -0.3 is 19.4 Å². The van der Waals surface area contributed by atoms with Crippen LogP contribution in [-0.4, -0.2) is 27.0 Å². The van der Waals surface area contributed by atoms with Gasteiger partial charge in [0.05, 0.1) is 35.4 Å². The molecule has 4 aromatic rings. The van der Waals surface area contributed by atoms with Gasteiger partial charge in [-0.25, -0.2) is 0 Å². The van der Waals surface area contributed by atoms with Crippen LogP contribution in [0.5, 0.6) is 5.75 Å². The minimum atomic E-state index is -0.454. The van der Waals surface area contributed by atoms with E-state index < -0.39 is 4.92 Å². The Morgan fingerprint density at radius 3 is 2.63 bits per heavy atom. The number of rotatable bonds is 7. The summed E-state index contributed by atoms with van der Waals surface area (Å²) in [4.78, 5) is 17.4. The molecule has 5 rings (SSSR count). The van der Waals surface area contributed by atoms with Gasteiger partial charge in [-0.2, -0.15) is 0 Å². The van der Waals surface area contributed by atoms with Crippen LogP contribution in [0.4, 0.5) is 5.69 Å². The number of pyridine rings is 1. The van der Waals surface area contributed by atoms with Gasteiger partial charge in [0.25, 0.3) is 5.69 Å². The van der Waals surface area contributed by atoms with Crippen LogP contribution in [-0.2, 0) is 6.54 Å². The Hall–Kier alpha value is -4.24. The Kier molecular flexibility index (Phi) is 6.15. The van der Waals surface area contributed by atoms with Gasteiger partial charge in [-0.3, -0.25) is 15.1 Å². The van der Waals surface area contributed by atoms with E-state index in [-0.39, 0.29) is 17.8 Å². The first-order valence-corrected chi connectivity index (χ1v) is 11.4. The highest BCUT2D eigenvalue weighted by atomic mass is 32.1. The van der Waals surface area contributed by atoms with Crippen LogP contribution >= 0.6 is 12.2 Å². The topological polar surface area (TPSA) is 93.7 Å². The predicted octanol–water partition coefficient (Wildman–Crippen LogP) is 5.43. The lowest BCUT2D eigenvalue weighted by molar-refractivity contribution is -0.384. The van der Waals surface area contributed by atoms with Crippen LogP contribution in [0.3, 0.4) is 0 Å². The first-order chi connectivity index (χ1) is 17.0. The molecule has 0 spiro atoms. The van der Waals surface area contributed by atoms with E-state index in [9.17, 15) is 10.1 Å². The second-order valence-corrected chi connectivity index (χ2v) is 8.47. The van der Waals surface area contributed by atoms with Crippen LogP contribution in [0.15, 0.2) is 89.5 Å². The molecular weight excluding hydrogens is 464 g/mol. The standard InChI is InChI=1S/C26H22N4O4S/c1-33-23-15-18(30(31)32)10-11-19(23)21-12-13-22(34-21)25-24(20-9-5-6-14-27-20)28-26(35)29(25)16-17-7-3-2-4-8-17/h2-15,24-25H,16H2,1H3,(H,28,35). The van der Waals surface area contributed by atoms with E-state index >= 15 is 0 Å². The first-order valence-electron chi connectivity index (χ1n) is 11.0. The van der Waals surface area contributed by atoms with Crippen molar-refractivity contribution in [2.75, 3.05) is 7.11 Å². The lowest BCUT2D eigenvalue weighted by atomic mass is 10.0. The van der Waals surface area contributed by atoms with Crippen molar-refractivity contribution in [3.63, 3.8) is 0 Å². The van der Waals surface area contributed by atoms with Gasteiger partial charge >= 0.3 is 0 Å². The number of nitro benzene ring substituents is 1. The molecule has 0 bridgehead atoms. The number of nitro groups is 1. The highest BCUT2D eigenvalue weighted by Crippen LogP contribution is 2.42. The zero-order valence-corrected chi connectivity index (χ0v) is 19.6. The van der Waals surface area contributed by atoms with Gasteiger partial charge in [0.1, 0.15) is 23.3 Å². The molecule has 0 aliphatic carbocycles. The van der Waals surface area contributed by atoms with Gasteiger partial charge in [-0.1, -0.05) is 36.4 Å². The summed E-state index contributed by atoms with van der Waals surface area (Å²) in [5, 5.41) is 15.2. The van der Waals surface area contributed by atoms with Crippen molar-refractivity contribution in [2.45, 2.75) is 18.6 Å². The van der Waals surface area contributed by atoms with E-state index in [2.05, 4.69) is 27.3 Å². The smallest absolute Gasteiger partial charge is 0.273 e. The fourth-order valence-electron chi connectivity index (χ4n) is 4.32. The van der Waals surface area contributed by atoms with Crippen molar-refractivity contribution in [1.29, 1.82) is 0 Å². The minimum absolute atomic E-state index is 0.0491. The summed E-state index contributed by atoms with van der Waals surface area (Å²) < 4.78 is 11.8. The number of furan rings is 1. The quantitative estimate of drug-likeness (QED) is 0.210. The van der Waals surface area contributed by atoms with E-state index in [1.165, 1.54) is 19.2 Å². The molecule has 9 heteroatoms. The average Bonchev–Trinajstić information content (AvgIpc) is 3.49. The van der Waals surface area contributed by atoms with Gasteiger partial charge in [0.15, 0.2) is 5.11 Å². The van der Waals surface area contributed by atoms with Crippen molar-refractivity contribution in [2.24, 2.45) is 0 Å². The third-order valence-corrected chi connectivity index (χ3v) is 6.33. The number of ether oxygens (including phenoxy) is 1. The summed E-state index contributed by atoms with van der Waals surface area (Å²) in [6.07, 6.45) is 1.76. The Bertz CT molecular complexity index is 1360. The van der Waals surface area contributed by atoms with Crippen LogP contribution in [0, 0.1) is 10.1 Å². The third kappa shape index (κ3) is 4.45. The highest BCUT2D eigenvalue weighted by molar-refractivity contribution is 7.80. The molecule has 1 aliphatic heterocycles. The molecule has 2 aromatic heterocycles. The second kappa shape index (κ2) is 9.55. The van der Waals surface area contributed by atoms with Crippen molar-refractivity contribution in [3.05, 3.63) is 112 Å². The molecule has 0 amide bonds. The van der Waals surface area contributed by atoms with Gasteiger partial charge in [0.2, 0.25) is 0 Å². The third-order valence-electron chi connectivity index (χ3n) is 5.97. The van der Waals surface area contributed by atoms with E-state index in [0.717, 1.165) is 11.3 Å². The van der Waals surface area contributed by atoms with Crippen LogP contribution in [0.1, 0.15) is 29.1 Å². The van der Waals surface area contributed by atoms with Gasteiger partial charge in [-0.05, 0) is 48.1 Å². The van der Waals surface area contributed by atoms with Crippen molar-refractivity contribution >= 4 is 23.0 Å². The maximum absolute atomic E-state index is 11.2. The van der Waals surface area contributed by atoms with Crippen molar-refractivity contribution < 1.29 is 14.1 Å². The molecule has 1 fully saturated rings. The Balaban J connectivity index is 1.54. The fraction of sp³-hybridized carbons (Fsp3) is 0.154. The SMILES string of the molecule is COc1cc([N+](=O)[O-])ccc1-c1ccc(C2C(c3ccccn3)NC(=S)N2Cc2ccccc2)o1. The van der Waals surface area contributed by atoms with Crippen molar-refractivity contribution in [3.8, 4) is 17.1 Å². The number of non-ortho nitro benzene ring substituents is 1. The molecule has 0 saturated carbocycles. The molecule has 1 saturated heterocycles. The molecule has 2 unspecified atom stereocenters. The number of hydrogen-bond donors (Lipinski definition) is 1. The van der Waals surface area contributed by atoms with E-state index in [4.69, 9.17) is 21.4 Å². The fourth-order valence-corrected chi connectivity index (χ4v) is 4.62.